The molecule has 0 amide bonds. The minimum atomic E-state index is -0.730. The quantitative estimate of drug-likeness (QED) is 0.794. The van der Waals surface area contributed by atoms with Crippen LogP contribution in [-0.2, 0) is 11.3 Å². The third kappa shape index (κ3) is 4.61. The number of furan rings is 1. The van der Waals surface area contributed by atoms with E-state index in [0.29, 0.717) is 6.42 Å². The van der Waals surface area contributed by atoms with E-state index in [4.69, 9.17) is 9.52 Å². The number of hydrogen-bond donors (Lipinski definition) is 1. The van der Waals surface area contributed by atoms with Gasteiger partial charge in [-0.15, -0.1) is 0 Å². The Morgan fingerprint density at radius 3 is 2.76 bits per heavy atom. The second-order valence-electron chi connectivity index (χ2n) is 5.11. The molecule has 1 rings (SSSR count). The Kier molecular flexibility index (Phi) is 4.75. The molecule has 1 N–H and O–H groups in total. The summed E-state index contributed by atoms with van der Waals surface area (Å²) in [6.07, 6.45) is 3.22. The van der Waals surface area contributed by atoms with Crippen LogP contribution in [0.5, 0.6) is 0 Å². The fourth-order valence-corrected chi connectivity index (χ4v) is 1.65. The average molecular weight is 239 g/mol. The number of carbonyl (C=O) groups is 1. The predicted octanol–water partition coefficient (Wildman–Crippen LogP) is 2.60. The zero-order valence-electron chi connectivity index (χ0n) is 10.8. The van der Waals surface area contributed by atoms with Crippen molar-refractivity contribution in [3.05, 3.63) is 24.2 Å². The molecule has 1 aromatic heterocycles. The number of aliphatic carboxylic acids is 1. The largest absolute Gasteiger partial charge is 0.481 e. The van der Waals surface area contributed by atoms with E-state index >= 15 is 0 Å². The van der Waals surface area contributed by atoms with Gasteiger partial charge in [-0.05, 0) is 52.4 Å². The molecule has 0 saturated heterocycles. The average Bonchev–Trinajstić information content (AvgIpc) is 2.69. The van der Waals surface area contributed by atoms with Crippen LogP contribution in [0, 0.1) is 5.41 Å². The fraction of sp³-hybridized carbons (Fsp3) is 0.615. The lowest BCUT2D eigenvalue weighted by Crippen LogP contribution is -2.26. The molecule has 1 aromatic rings. The maximum Gasteiger partial charge on any atom is 0.309 e. The van der Waals surface area contributed by atoms with Crippen molar-refractivity contribution in [2.24, 2.45) is 5.41 Å². The Bertz CT molecular complexity index is 344. The van der Waals surface area contributed by atoms with Gasteiger partial charge in [-0.1, -0.05) is 0 Å². The monoisotopic (exact) mass is 239 g/mol. The summed E-state index contributed by atoms with van der Waals surface area (Å²) in [6, 6.07) is 3.81. The highest BCUT2D eigenvalue weighted by Crippen LogP contribution is 2.22. The molecule has 0 atom stereocenters. The van der Waals surface area contributed by atoms with Gasteiger partial charge in [0.05, 0.1) is 18.2 Å². The van der Waals surface area contributed by atoms with E-state index in [2.05, 4.69) is 4.90 Å². The molecule has 17 heavy (non-hydrogen) atoms. The van der Waals surface area contributed by atoms with E-state index in [1.165, 1.54) is 0 Å². The fourth-order valence-electron chi connectivity index (χ4n) is 1.65. The molecule has 4 nitrogen and oxygen atoms in total. The van der Waals surface area contributed by atoms with Gasteiger partial charge in [-0.25, -0.2) is 0 Å². The Morgan fingerprint density at radius 2 is 2.24 bits per heavy atom. The molecule has 0 saturated carbocycles. The number of rotatable bonds is 7. The SMILES string of the molecule is CN(CCCC(C)(C)C(=O)O)Cc1ccco1. The molecule has 0 spiro atoms. The van der Waals surface area contributed by atoms with E-state index in [9.17, 15) is 4.79 Å². The summed E-state index contributed by atoms with van der Waals surface area (Å²) in [5, 5.41) is 8.99. The Balaban J connectivity index is 2.25. The first-order chi connectivity index (χ1) is 7.92. The van der Waals surface area contributed by atoms with Crippen LogP contribution in [0.15, 0.2) is 22.8 Å². The lowest BCUT2D eigenvalue weighted by molar-refractivity contribution is -0.147. The predicted molar refractivity (Wildman–Crippen MR) is 65.7 cm³/mol. The normalized spacial score (nSPS) is 12.0. The van der Waals surface area contributed by atoms with Crippen LogP contribution in [0.25, 0.3) is 0 Å². The van der Waals surface area contributed by atoms with Crippen molar-refractivity contribution in [2.75, 3.05) is 13.6 Å². The Hall–Kier alpha value is -1.29. The zero-order valence-corrected chi connectivity index (χ0v) is 10.8. The van der Waals surface area contributed by atoms with E-state index in [1.54, 1.807) is 20.1 Å². The van der Waals surface area contributed by atoms with Crippen LogP contribution in [-0.4, -0.2) is 29.6 Å². The molecule has 0 fully saturated rings. The van der Waals surface area contributed by atoms with Gasteiger partial charge < -0.3 is 9.52 Å². The standard InChI is InChI=1S/C13H21NO3/c1-13(2,12(15)16)7-5-8-14(3)10-11-6-4-9-17-11/h4,6,9H,5,7-8,10H2,1-3H3,(H,15,16). The number of hydrogen-bond acceptors (Lipinski definition) is 3. The molecule has 0 aliphatic carbocycles. The summed E-state index contributed by atoms with van der Waals surface area (Å²) >= 11 is 0. The summed E-state index contributed by atoms with van der Waals surface area (Å²) in [4.78, 5) is 13.1. The third-order valence-electron chi connectivity index (χ3n) is 2.93. The molecule has 0 aliphatic rings. The number of nitrogens with zero attached hydrogens (tertiary/aromatic N) is 1. The molecule has 0 radical (unpaired) electrons. The second-order valence-corrected chi connectivity index (χ2v) is 5.11. The van der Waals surface area contributed by atoms with Gasteiger partial charge in [0.1, 0.15) is 5.76 Å². The molecule has 1 heterocycles. The van der Waals surface area contributed by atoms with Crippen LogP contribution < -0.4 is 0 Å². The van der Waals surface area contributed by atoms with Gasteiger partial charge in [-0.2, -0.15) is 0 Å². The van der Waals surface area contributed by atoms with Gasteiger partial charge >= 0.3 is 5.97 Å². The summed E-state index contributed by atoms with van der Waals surface area (Å²) in [7, 11) is 2.01. The molecule has 0 bridgehead atoms. The Labute approximate surface area is 102 Å². The van der Waals surface area contributed by atoms with Crippen LogP contribution in [0.3, 0.4) is 0 Å². The number of carboxylic acid groups (broad SMARTS) is 1. The van der Waals surface area contributed by atoms with Crippen molar-refractivity contribution in [3.8, 4) is 0 Å². The molecule has 0 aliphatic heterocycles. The zero-order chi connectivity index (χ0) is 12.9. The van der Waals surface area contributed by atoms with Crippen molar-refractivity contribution in [1.29, 1.82) is 0 Å². The van der Waals surface area contributed by atoms with Crippen LogP contribution >= 0.6 is 0 Å². The minimum Gasteiger partial charge on any atom is -0.481 e. The highest BCUT2D eigenvalue weighted by Gasteiger charge is 2.26. The van der Waals surface area contributed by atoms with Crippen LogP contribution in [0.1, 0.15) is 32.4 Å². The minimum absolute atomic E-state index is 0.633. The Morgan fingerprint density at radius 1 is 1.53 bits per heavy atom. The van der Waals surface area contributed by atoms with Crippen LogP contribution in [0.4, 0.5) is 0 Å². The van der Waals surface area contributed by atoms with Crippen molar-refractivity contribution < 1.29 is 14.3 Å². The van der Waals surface area contributed by atoms with E-state index in [1.807, 2.05) is 19.2 Å². The highest BCUT2D eigenvalue weighted by atomic mass is 16.4. The van der Waals surface area contributed by atoms with Crippen LogP contribution in [0.2, 0.25) is 0 Å². The van der Waals surface area contributed by atoms with E-state index in [-0.39, 0.29) is 0 Å². The number of carboxylic acids is 1. The third-order valence-corrected chi connectivity index (χ3v) is 2.93. The summed E-state index contributed by atoms with van der Waals surface area (Å²) < 4.78 is 5.25. The lowest BCUT2D eigenvalue weighted by Gasteiger charge is -2.21. The lowest BCUT2D eigenvalue weighted by atomic mass is 9.88. The molecular formula is C13H21NO3. The first kappa shape index (κ1) is 13.8. The second kappa shape index (κ2) is 5.87. The topological polar surface area (TPSA) is 53.7 Å². The smallest absolute Gasteiger partial charge is 0.309 e. The molecular weight excluding hydrogens is 218 g/mol. The van der Waals surface area contributed by atoms with Gasteiger partial charge in [0, 0.05) is 0 Å². The van der Waals surface area contributed by atoms with Crippen molar-refractivity contribution >= 4 is 5.97 Å². The van der Waals surface area contributed by atoms with Gasteiger partial charge in [0.25, 0.3) is 0 Å². The molecule has 96 valence electrons. The first-order valence-electron chi connectivity index (χ1n) is 5.86. The van der Waals surface area contributed by atoms with Crippen molar-refractivity contribution in [1.82, 2.24) is 4.90 Å². The van der Waals surface area contributed by atoms with E-state index < -0.39 is 11.4 Å². The van der Waals surface area contributed by atoms with Gasteiger partial charge in [0.2, 0.25) is 0 Å². The summed E-state index contributed by atoms with van der Waals surface area (Å²) in [5.74, 6) is 0.205. The van der Waals surface area contributed by atoms with Gasteiger partial charge in [-0.3, -0.25) is 9.69 Å². The summed E-state index contributed by atoms with van der Waals surface area (Å²) in [6.45, 7) is 5.17. The summed E-state index contributed by atoms with van der Waals surface area (Å²) in [5.41, 5.74) is -0.633. The molecule has 0 aromatic carbocycles. The highest BCUT2D eigenvalue weighted by molar-refractivity contribution is 5.73. The van der Waals surface area contributed by atoms with Gasteiger partial charge in [0.15, 0.2) is 0 Å². The maximum atomic E-state index is 10.9. The molecule has 0 unspecified atom stereocenters. The van der Waals surface area contributed by atoms with Crippen molar-refractivity contribution in [3.63, 3.8) is 0 Å². The van der Waals surface area contributed by atoms with E-state index in [0.717, 1.165) is 25.3 Å². The molecule has 4 heteroatoms. The first-order valence-corrected chi connectivity index (χ1v) is 5.86. The van der Waals surface area contributed by atoms with Crippen molar-refractivity contribution in [2.45, 2.75) is 33.2 Å². The maximum absolute atomic E-state index is 10.9.